The van der Waals surface area contributed by atoms with Gasteiger partial charge in [0.05, 0.1) is 0 Å². The van der Waals surface area contributed by atoms with Crippen LogP contribution in [-0.2, 0) is 14.3 Å². The van der Waals surface area contributed by atoms with Crippen LogP contribution in [0.5, 0.6) is 0 Å². The maximum Gasteiger partial charge on any atom is 0.331 e. The van der Waals surface area contributed by atoms with E-state index in [1.54, 1.807) is 35.2 Å². The summed E-state index contributed by atoms with van der Waals surface area (Å²) in [6.45, 7) is 1.41. The number of benzene rings is 2. The molecular formula is C21H20ClNO3. The Bertz CT molecular complexity index is 798. The Morgan fingerprint density at radius 1 is 1.00 bits per heavy atom. The molecule has 1 amide bonds. The van der Waals surface area contributed by atoms with Crippen molar-refractivity contribution in [2.75, 3.05) is 13.1 Å². The van der Waals surface area contributed by atoms with E-state index in [2.05, 4.69) is 0 Å². The molecule has 3 rings (SSSR count). The van der Waals surface area contributed by atoms with E-state index in [4.69, 9.17) is 16.3 Å². The molecule has 0 radical (unpaired) electrons. The molecule has 134 valence electrons. The molecule has 2 aromatic rings. The van der Waals surface area contributed by atoms with E-state index >= 15 is 0 Å². The number of esters is 1. The third-order valence-electron chi connectivity index (χ3n) is 4.28. The molecule has 1 atom stereocenters. The fraction of sp³-hybridized carbons (Fsp3) is 0.238. The summed E-state index contributed by atoms with van der Waals surface area (Å²) in [5, 5.41) is 0.546. The predicted molar refractivity (Wildman–Crippen MR) is 102 cm³/mol. The highest BCUT2D eigenvalue weighted by Gasteiger charge is 2.30. The van der Waals surface area contributed by atoms with Gasteiger partial charge in [0.25, 0.3) is 5.91 Å². The number of amides is 1. The van der Waals surface area contributed by atoms with Crippen LogP contribution in [0.2, 0.25) is 5.02 Å². The second-order valence-electron chi connectivity index (χ2n) is 6.11. The maximum atomic E-state index is 12.8. The number of likely N-dealkylation sites (tertiary alicyclic amines) is 1. The van der Waals surface area contributed by atoms with Gasteiger partial charge in [0.2, 0.25) is 6.10 Å². The van der Waals surface area contributed by atoms with Crippen LogP contribution in [0.4, 0.5) is 0 Å². The lowest BCUT2D eigenvalue weighted by Gasteiger charge is -2.23. The molecule has 1 aliphatic heterocycles. The minimum atomic E-state index is -0.933. The molecule has 0 spiro atoms. The molecule has 0 unspecified atom stereocenters. The number of carbonyl (C=O) groups excluding carboxylic acids is 2. The Balaban J connectivity index is 1.76. The number of ether oxygens (including phenoxy) is 1. The Morgan fingerprint density at radius 2 is 1.65 bits per heavy atom. The van der Waals surface area contributed by atoms with Crippen molar-refractivity contribution in [1.29, 1.82) is 0 Å². The Labute approximate surface area is 158 Å². The lowest BCUT2D eigenvalue weighted by atomic mass is 10.1. The van der Waals surface area contributed by atoms with Gasteiger partial charge in [-0.05, 0) is 30.5 Å². The van der Waals surface area contributed by atoms with Crippen LogP contribution in [0.1, 0.15) is 30.1 Å². The molecule has 0 aliphatic carbocycles. The van der Waals surface area contributed by atoms with Gasteiger partial charge < -0.3 is 9.64 Å². The van der Waals surface area contributed by atoms with E-state index in [0.717, 1.165) is 12.8 Å². The highest BCUT2D eigenvalue weighted by Crippen LogP contribution is 2.23. The molecule has 1 aliphatic rings. The van der Waals surface area contributed by atoms with Crippen LogP contribution in [0.3, 0.4) is 0 Å². The van der Waals surface area contributed by atoms with E-state index in [9.17, 15) is 9.59 Å². The Hall–Kier alpha value is -2.59. The van der Waals surface area contributed by atoms with Gasteiger partial charge >= 0.3 is 5.97 Å². The SMILES string of the molecule is O=C(/C=C/c1ccccc1Cl)O[C@H](C(=O)N1CCCC1)c1ccccc1. The van der Waals surface area contributed by atoms with Gasteiger partial charge in [-0.15, -0.1) is 0 Å². The zero-order valence-corrected chi connectivity index (χ0v) is 15.1. The van der Waals surface area contributed by atoms with Crippen molar-refractivity contribution in [2.45, 2.75) is 18.9 Å². The molecular weight excluding hydrogens is 350 g/mol. The van der Waals surface area contributed by atoms with E-state index in [1.807, 2.05) is 30.3 Å². The van der Waals surface area contributed by atoms with Crippen molar-refractivity contribution in [2.24, 2.45) is 0 Å². The second-order valence-corrected chi connectivity index (χ2v) is 6.52. The number of halogens is 1. The van der Waals surface area contributed by atoms with E-state index in [1.165, 1.54) is 6.08 Å². The lowest BCUT2D eigenvalue weighted by molar-refractivity contribution is -0.156. The third-order valence-corrected chi connectivity index (χ3v) is 4.63. The van der Waals surface area contributed by atoms with Gasteiger partial charge in [-0.25, -0.2) is 4.79 Å². The van der Waals surface area contributed by atoms with Gasteiger partial charge in [-0.2, -0.15) is 0 Å². The third kappa shape index (κ3) is 4.52. The molecule has 26 heavy (non-hydrogen) atoms. The Morgan fingerprint density at radius 3 is 2.35 bits per heavy atom. The van der Waals surface area contributed by atoms with Gasteiger partial charge in [0, 0.05) is 29.8 Å². The fourth-order valence-corrected chi connectivity index (χ4v) is 3.11. The number of hydrogen-bond acceptors (Lipinski definition) is 3. The molecule has 0 N–H and O–H groups in total. The standard InChI is InChI=1S/C21H20ClNO3/c22-18-11-5-4-8-16(18)12-13-19(24)26-20(17-9-2-1-3-10-17)21(25)23-14-6-7-15-23/h1-5,8-13,20H,6-7,14-15H2/b13-12+/t20-/m0/s1. The van der Waals surface area contributed by atoms with Crippen LogP contribution in [-0.4, -0.2) is 29.9 Å². The number of rotatable bonds is 5. The maximum absolute atomic E-state index is 12.8. The Kier molecular flexibility index (Phi) is 6.08. The van der Waals surface area contributed by atoms with Crippen LogP contribution in [0.25, 0.3) is 6.08 Å². The minimum Gasteiger partial charge on any atom is -0.444 e. The van der Waals surface area contributed by atoms with Gasteiger partial charge in [-0.1, -0.05) is 60.1 Å². The average molecular weight is 370 g/mol. The van der Waals surface area contributed by atoms with Crippen LogP contribution in [0, 0.1) is 0 Å². The summed E-state index contributed by atoms with van der Waals surface area (Å²) in [6, 6.07) is 16.3. The van der Waals surface area contributed by atoms with E-state index in [0.29, 0.717) is 29.2 Å². The van der Waals surface area contributed by atoms with Gasteiger partial charge in [0.15, 0.2) is 0 Å². The summed E-state index contributed by atoms with van der Waals surface area (Å²) in [6.07, 6.45) is 3.92. The first-order valence-electron chi connectivity index (χ1n) is 8.62. The molecule has 2 aromatic carbocycles. The van der Waals surface area contributed by atoms with Crippen LogP contribution in [0.15, 0.2) is 60.7 Å². The summed E-state index contributed by atoms with van der Waals surface area (Å²) in [4.78, 5) is 26.9. The summed E-state index contributed by atoms with van der Waals surface area (Å²) in [5.41, 5.74) is 1.39. The van der Waals surface area contributed by atoms with Crippen molar-refractivity contribution < 1.29 is 14.3 Å². The van der Waals surface area contributed by atoms with Crippen molar-refractivity contribution in [3.63, 3.8) is 0 Å². The summed E-state index contributed by atoms with van der Waals surface area (Å²) in [7, 11) is 0. The largest absolute Gasteiger partial charge is 0.444 e. The van der Waals surface area contributed by atoms with Crippen molar-refractivity contribution in [3.8, 4) is 0 Å². The highest BCUT2D eigenvalue weighted by atomic mass is 35.5. The van der Waals surface area contributed by atoms with Gasteiger partial charge in [-0.3, -0.25) is 4.79 Å². The quantitative estimate of drug-likeness (QED) is 0.584. The number of carbonyl (C=O) groups is 2. The average Bonchev–Trinajstić information content (AvgIpc) is 3.20. The first-order chi connectivity index (χ1) is 12.6. The molecule has 1 saturated heterocycles. The van der Waals surface area contributed by atoms with E-state index in [-0.39, 0.29) is 5.91 Å². The molecule has 0 aromatic heterocycles. The summed E-state index contributed by atoms with van der Waals surface area (Å²) < 4.78 is 5.51. The first kappa shape index (κ1) is 18.2. The van der Waals surface area contributed by atoms with Crippen molar-refractivity contribution >= 4 is 29.6 Å². The normalized spacial score (nSPS) is 15.2. The van der Waals surface area contributed by atoms with Gasteiger partial charge in [0.1, 0.15) is 0 Å². The van der Waals surface area contributed by atoms with Crippen LogP contribution < -0.4 is 0 Å². The van der Waals surface area contributed by atoms with Crippen molar-refractivity contribution in [3.05, 3.63) is 76.8 Å². The molecule has 5 heteroatoms. The predicted octanol–water partition coefficient (Wildman–Crippen LogP) is 4.26. The number of hydrogen-bond donors (Lipinski definition) is 0. The highest BCUT2D eigenvalue weighted by molar-refractivity contribution is 6.32. The lowest BCUT2D eigenvalue weighted by Crippen LogP contribution is -2.34. The summed E-state index contributed by atoms with van der Waals surface area (Å²) in [5.74, 6) is -0.750. The van der Waals surface area contributed by atoms with E-state index < -0.39 is 12.1 Å². The molecule has 4 nitrogen and oxygen atoms in total. The second kappa shape index (κ2) is 8.68. The van der Waals surface area contributed by atoms with Crippen LogP contribution >= 0.6 is 11.6 Å². The molecule has 1 fully saturated rings. The zero-order valence-electron chi connectivity index (χ0n) is 14.3. The molecule has 1 heterocycles. The smallest absolute Gasteiger partial charge is 0.331 e. The fourth-order valence-electron chi connectivity index (χ4n) is 2.92. The zero-order chi connectivity index (χ0) is 18.4. The monoisotopic (exact) mass is 369 g/mol. The molecule has 0 bridgehead atoms. The topological polar surface area (TPSA) is 46.6 Å². The number of nitrogens with zero attached hydrogens (tertiary/aromatic N) is 1. The molecule has 0 saturated carbocycles. The minimum absolute atomic E-state index is 0.173. The first-order valence-corrected chi connectivity index (χ1v) is 9.00. The van der Waals surface area contributed by atoms with Crippen molar-refractivity contribution in [1.82, 2.24) is 4.90 Å². The summed E-state index contributed by atoms with van der Waals surface area (Å²) >= 11 is 6.08.